The van der Waals surface area contributed by atoms with Crippen LogP contribution in [-0.2, 0) is 17.9 Å². The number of imidazole rings is 1. The summed E-state index contributed by atoms with van der Waals surface area (Å²) >= 11 is 1.57. The second-order valence-corrected chi connectivity index (χ2v) is 8.19. The van der Waals surface area contributed by atoms with E-state index >= 15 is 0 Å². The third-order valence-corrected chi connectivity index (χ3v) is 6.53. The summed E-state index contributed by atoms with van der Waals surface area (Å²) in [6, 6.07) is 4.35. The van der Waals surface area contributed by atoms with Gasteiger partial charge >= 0.3 is 0 Å². The summed E-state index contributed by atoms with van der Waals surface area (Å²) in [5.41, 5.74) is 1.23. The summed E-state index contributed by atoms with van der Waals surface area (Å²) in [5.74, 6) is -0.115. The van der Waals surface area contributed by atoms with Gasteiger partial charge in [0.05, 0.1) is 23.4 Å². The molecule has 2 saturated heterocycles. The molecule has 0 saturated carbocycles. The lowest BCUT2D eigenvalue weighted by Gasteiger charge is -2.26. The normalized spacial score (nSPS) is 20.9. The molecule has 2 aromatic heterocycles. The van der Waals surface area contributed by atoms with Gasteiger partial charge in [0.2, 0.25) is 5.91 Å². The zero-order chi connectivity index (χ0) is 18.8. The van der Waals surface area contributed by atoms with E-state index in [1.54, 1.807) is 16.2 Å². The Hall–Kier alpha value is -2.19. The molecule has 7 nitrogen and oxygen atoms in total. The highest BCUT2D eigenvalue weighted by atomic mass is 32.1. The van der Waals surface area contributed by atoms with Crippen LogP contribution in [0.4, 0.5) is 0 Å². The van der Waals surface area contributed by atoms with E-state index in [1.165, 1.54) is 17.0 Å². The van der Waals surface area contributed by atoms with Gasteiger partial charge in [-0.2, -0.15) is 0 Å². The first-order valence-electron chi connectivity index (χ1n) is 9.54. The fraction of sp³-hybridized carbons (Fsp3) is 0.526. The van der Waals surface area contributed by atoms with Crippen LogP contribution in [0.2, 0.25) is 0 Å². The molecule has 1 unspecified atom stereocenters. The Morgan fingerprint density at radius 3 is 3.07 bits per heavy atom. The minimum Gasteiger partial charge on any atom is -0.353 e. The topological polar surface area (TPSA) is 70.5 Å². The molecule has 8 heteroatoms. The summed E-state index contributed by atoms with van der Waals surface area (Å²) in [7, 11) is 0. The Morgan fingerprint density at radius 1 is 1.37 bits per heavy atom. The molecule has 0 aliphatic carbocycles. The fourth-order valence-electron chi connectivity index (χ4n) is 3.92. The van der Waals surface area contributed by atoms with Crippen molar-refractivity contribution in [1.82, 2.24) is 24.7 Å². The van der Waals surface area contributed by atoms with E-state index in [1.807, 2.05) is 18.6 Å². The van der Waals surface area contributed by atoms with Crippen molar-refractivity contribution >= 4 is 23.2 Å². The van der Waals surface area contributed by atoms with Crippen LogP contribution in [0.1, 0.15) is 46.0 Å². The first-order valence-corrected chi connectivity index (χ1v) is 10.4. The first-order chi connectivity index (χ1) is 13.2. The maximum absolute atomic E-state index is 12.7. The number of aromatic nitrogens is 2. The number of nitrogens with one attached hydrogen (secondary N) is 1. The van der Waals surface area contributed by atoms with Crippen LogP contribution < -0.4 is 5.32 Å². The zero-order valence-corrected chi connectivity index (χ0v) is 16.4. The molecule has 4 heterocycles. The molecular formula is C19H25N5O2S. The van der Waals surface area contributed by atoms with Crippen molar-refractivity contribution in [3.63, 3.8) is 0 Å². The molecule has 2 aliphatic heterocycles. The summed E-state index contributed by atoms with van der Waals surface area (Å²) in [6.07, 6.45) is 6.11. The van der Waals surface area contributed by atoms with Crippen LogP contribution in [0.25, 0.3) is 0 Å². The monoisotopic (exact) mass is 387 g/mol. The lowest BCUT2D eigenvalue weighted by molar-refractivity contribution is -0.123. The molecule has 2 amide bonds. The average Bonchev–Trinajstić information content (AvgIpc) is 3.41. The number of aryl methyl sites for hydroxylation is 1. The van der Waals surface area contributed by atoms with E-state index in [9.17, 15) is 9.59 Å². The maximum atomic E-state index is 12.7. The molecule has 0 spiro atoms. The SMILES string of the molecule is CCn1cncc1CN1CCCC1c1ccc(C(=O)N2CCNC(=O)C2)s1. The molecular weight excluding hydrogens is 362 g/mol. The molecule has 1 atom stereocenters. The van der Waals surface area contributed by atoms with Crippen LogP contribution in [-0.4, -0.2) is 57.3 Å². The Bertz CT molecular complexity index is 830. The van der Waals surface area contributed by atoms with Gasteiger partial charge in [0.25, 0.3) is 5.91 Å². The predicted molar refractivity (Wildman–Crippen MR) is 104 cm³/mol. The number of hydrogen-bond donors (Lipinski definition) is 1. The van der Waals surface area contributed by atoms with Gasteiger partial charge in [-0.1, -0.05) is 0 Å². The Balaban J connectivity index is 1.47. The molecule has 0 bridgehead atoms. The third kappa shape index (κ3) is 3.77. The molecule has 144 valence electrons. The van der Waals surface area contributed by atoms with Crippen molar-refractivity contribution in [3.05, 3.63) is 40.1 Å². The van der Waals surface area contributed by atoms with Crippen molar-refractivity contribution in [2.24, 2.45) is 0 Å². The van der Waals surface area contributed by atoms with E-state index in [2.05, 4.69) is 32.8 Å². The number of thiophene rings is 1. The van der Waals surface area contributed by atoms with Crippen LogP contribution in [0.3, 0.4) is 0 Å². The van der Waals surface area contributed by atoms with Crippen molar-refractivity contribution in [2.45, 2.75) is 38.9 Å². The van der Waals surface area contributed by atoms with Crippen molar-refractivity contribution in [1.29, 1.82) is 0 Å². The van der Waals surface area contributed by atoms with Gasteiger partial charge in [-0.25, -0.2) is 4.98 Å². The van der Waals surface area contributed by atoms with Gasteiger partial charge < -0.3 is 14.8 Å². The van der Waals surface area contributed by atoms with Crippen LogP contribution in [0.15, 0.2) is 24.7 Å². The number of carbonyl (C=O) groups is 2. The molecule has 2 aromatic rings. The highest BCUT2D eigenvalue weighted by Gasteiger charge is 2.30. The van der Waals surface area contributed by atoms with Gasteiger partial charge in [-0.05, 0) is 38.4 Å². The molecule has 2 aliphatic rings. The summed E-state index contributed by atoms with van der Waals surface area (Å²) in [6.45, 7) is 6.26. The van der Waals surface area contributed by atoms with Gasteiger partial charge in [-0.3, -0.25) is 14.5 Å². The van der Waals surface area contributed by atoms with E-state index < -0.39 is 0 Å². The van der Waals surface area contributed by atoms with Crippen LogP contribution in [0, 0.1) is 0 Å². The number of amides is 2. The quantitative estimate of drug-likeness (QED) is 0.850. The number of likely N-dealkylation sites (tertiary alicyclic amines) is 1. The van der Waals surface area contributed by atoms with E-state index in [0.717, 1.165) is 30.9 Å². The standard InChI is InChI=1S/C19H25N5O2S/c1-2-22-13-20-10-14(22)11-23-8-3-4-15(23)16-5-6-17(27-16)19(26)24-9-7-21-18(25)12-24/h5-6,10,13,15H,2-4,7-9,11-12H2,1H3,(H,21,25). The van der Waals surface area contributed by atoms with Crippen molar-refractivity contribution in [2.75, 3.05) is 26.2 Å². The summed E-state index contributed by atoms with van der Waals surface area (Å²) in [4.78, 5) is 34.6. The largest absolute Gasteiger partial charge is 0.353 e. The van der Waals surface area contributed by atoms with Gasteiger partial charge in [0.15, 0.2) is 0 Å². The minimum absolute atomic E-state index is 0.0327. The zero-order valence-electron chi connectivity index (χ0n) is 15.6. The first kappa shape index (κ1) is 18.2. The van der Waals surface area contributed by atoms with Gasteiger partial charge in [0.1, 0.15) is 0 Å². The number of hydrogen-bond acceptors (Lipinski definition) is 5. The molecule has 27 heavy (non-hydrogen) atoms. The lowest BCUT2D eigenvalue weighted by atomic mass is 10.2. The molecule has 0 aromatic carbocycles. The second-order valence-electron chi connectivity index (χ2n) is 7.08. The van der Waals surface area contributed by atoms with E-state index in [0.29, 0.717) is 19.1 Å². The maximum Gasteiger partial charge on any atom is 0.264 e. The minimum atomic E-state index is -0.0825. The average molecular weight is 388 g/mol. The second kappa shape index (κ2) is 7.82. The highest BCUT2D eigenvalue weighted by molar-refractivity contribution is 7.14. The Morgan fingerprint density at radius 2 is 2.26 bits per heavy atom. The molecule has 4 rings (SSSR count). The number of piperazine rings is 1. The number of nitrogens with zero attached hydrogens (tertiary/aromatic N) is 4. The van der Waals surface area contributed by atoms with Gasteiger partial charge in [0, 0.05) is 43.3 Å². The van der Waals surface area contributed by atoms with Gasteiger partial charge in [-0.15, -0.1) is 11.3 Å². The number of rotatable bonds is 5. The summed E-state index contributed by atoms with van der Waals surface area (Å²) in [5, 5.41) is 2.76. The molecule has 0 radical (unpaired) electrons. The van der Waals surface area contributed by atoms with Crippen molar-refractivity contribution < 1.29 is 9.59 Å². The smallest absolute Gasteiger partial charge is 0.264 e. The molecule has 1 N–H and O–H groups in total. The molecule has 2 fully saturated rings. The fourth-order valence-corrected chi connectivity index (χ4v) is 5.07. The highest BCUT2D eigenvalue weighted by Crippen LogP contribution is 2.37. The number of carbonyl (C=O) groups excluding carboxylic acids is 2. The predicted octanol–water partition coefficient (Wildman–Crippen LogP) is 1.87. The van der Waals surface area contributed by atoms with Crippen molar-refractivity contribution in [3.8, 4) is 0 Å². The van der Waals surface area contributed by atoms with E-state index in [-0.39, 0.29) is 18.4 Å². The van der Waals surface area contributed by atoms with E-state index in [4.69, 9.17) is 0 Å². The van der Waals surface area contributed by atoms with Crippen LogP contribution in [0.5, 0.6) is 0 Å². The Kier molecular flexibility index (Phi) is 5.27. The lowest BCUT2D eigenvalue weighted by Crippen LogP contribution is -2.49. The Labute approximate surface area is 163 Å². The third-order valence-electron chi connectivity index (χ3n) is 5.36. The van der Waals surface area contributed by atoms with Crippen LogP contribution >= 0.6 is 11.3 Å². The summed E-state index contributed by atoms with van der Waals surface area (Å²) < 4.78 is 2.18.